The Morgan fingerprint density at radius 3 is 2.15 bits per heavy atom. The number of ether oxygens (including phenoxy) is 1. The zero-order valence-electron chi connectivity index (χ0n) is 13.5. The van der Waals surface area contributed by atoms with Crippen LogP contribution in [0.4, 0.5) is 0 Å². The van der Waals surface area contributed by atoms with Gasteiger partial charge in [0.2, 0.25) is 0 Å². The van der Waals surface area contributed by atoms with Gasteiger partial charge in [-0.2, -0.15) is 0 Å². The molecule has 0 saturated carbocycles. The van der Waals surface area contributed by atoms with Crippen molar-refractivity contribution in [3.8, 4) is 0 Å². The number of esters is 1. The molecule has 20 heavy (non-hydrogen) atoms. The summed E-state index contributed by atoms with van der Waals surface area (Å²) in [6.45, 7) is 10.2. The molecule has 0 amide bonds. The highest BCUT2D eigenvalue weighted by Crippen LogP contribution is 2.29. The van der Waals surface area contributed by atoms with Crippen molar-refractivity contribution in [2.45, 2.75) is 65.9 Å². The highest BCUT2D eigenvalue weighted by Gasteiger charge is 2.22. The van der Waals surface area contributed by atoms with Crippen LogP contribution in [0.1, 0.15) is 59.4 Å². The van der Waals surface area contributed by atoms with E-state index in [0.29, 0.717) is 6.42 Å². The highest BCUT2D eigenvalue weighted by atomic mass is 16.6. The van der Waals surface area contributed by atoms with Crippen LogP contribution >= 0.6 is 0 Å². The first-order valence-electron chi connectivity index (χ1n) is 7.44. The van der Waals surface area contributed by atoms with Crippen molar-refractivity contribution in [2.75, 3.05) is 0 Å². The van der Waals surface area contributed by atoms with Gasteiger partial charge in [-0.05, 0) is 51.0 Å². The first-order chi connectivity index (χ1) is 9.18. The van der Waals surface area contributed by atoms with Gasteiger partial charge in [0.15, 0.2) is 0 Å². The molecule has 0 radical (unpaired) electrons. The fraction of sp³-hybridized carbons (Fsp3) is 0.611. The lowest BCUT2D eigenvalue weighted by molar-refractivity contribution is -0.155. The summed E-state index contributed by atoms with van der Waals surface area (Å²) < 4.78 is 5.36. The topological polar surface area (TPSA) is 26.3 Å². The van der Waals surface area contributed by atoms with Crippen molar-refractivity contribution in [3.05, 3.63) is 35.9 Å². The van der Waals surface area contributed by atoms with Crippen molar-refractivity contribution < 1.29 is 9.53 Å². The Morgan fingerprint density at radius 2 is 1.60 bits per heavy atom. The van der Waals surface area contributed by atoms with Gasteiger partial charge in [-0.1, -0.05) is 44.2 Å². The van der Waals surface area contributed by atoms with E-state index < -0.39 is 0 Å². The molecule has 0 bridgehead atoms. The molecule has 0 saturated heterocycles. The van der Waals surface area contributed by atoms with E-state index in [1.54, 1.807) is 0 Å². The van der Waals surface area contributed by atoms with Gasteiger partial charge < -0.3 is 4.74 Å². The second-order valence-electron chi connectivity index (χ2n) is 7.24. The molecular formula is C18H28O2. The van der Waals surface area contributed by atoms with Gasteiger partial charge in [-0.25, -0.2) is 0 Å². The number of aryl methyl sites for hydroxylation is 1. The van der Waals surface area contributed by atoms with Crippen molar-refractivity contribution in [1.29, 1.82) is 0 Å². The Hall–Kier alpha value is -1.31. The summed E-state index contributed by atoms with van der Waals surface area (Å²) in [6.07, 6.45) is 3.51. The maximum absolute atomic E-state index is 11.8. The van der Waals surface area contributed by atoms with E-state index in [1.165, 1.54) is 5.56 Å². The Balaban J connectivity index is 2.36. The Kier molecular flexibility index (Phi) is 5.79. The molecule has 0 aromatic heterocycles. The van der Waals surface area contributed by atoms with Gasteiger partial charge in [0.1, 0.15) is 5.60 Å². The second-order valence-corrected chi connectivity index (χ2v) is 7.24. The second kappa shape index (κ2) is 6.92. The molecule has 0 heterocycles. The van der Waals surface area contributed by atoms with E-state index in [1.807, 2.05) is 26.8 Å². The van der Waals surface area contributed by atoms with Gasteiger partial charge in [0.05, 0.1) is 0 Å². The summed E-state index contributed by atoms with van der Waals surface area (Å²) in [5.74, 6) is -0.0923. The number of carbonyl (C=O) groups is 1. The Labute approximate surface area is 123 Å². The van der Waals surface area contributed by atoms with Gasteiger partial charge >= 0.3 is 5.97 Å². The summed E-state index contributed by atoms with van der Waals surface area (Å²) in [4.78, 5) is 11.8. The van der Waals surface area contributed by atoms with E-state index in [0.717, 1.165) is 19.3 Å². The molecular weight excluding hydrogens is 248 g/mol. The SMILES string of the molecule is CC(C)(CCC(=O)OC(C)(C)C)CCc1ccccc1. The van der Waals surface area contributed by atoms with Crippen LogP contribution < -0.4 is 0 Å². The lowest BCUT2D eigenvalue weighted by atomic mass is 9.82. The molecule has 0 aliphatic carbocycles. The predicted molar refractivity (Wildman–Crippen MR) is 83.6 cm³/mol. The van der Waals surface area contributed by atoms with E-state index in [-0.39, 0.29) is 17.0 Å². The number of rotatable bonds is 6. The molecule has 1 aromatic carbocycles. The van der Waals surface area contributed by atoms with E-state index in [2.05, 4.69) is 38.1 Å². The smallest absolute Gasteiger partial charge is 0.306 e. The molecule has 0 atom stereocenters. The molecule has 0 unspecified atom stereocenters. The van der Waals surface area contributed by atoms with Crippen molar-refractivity contribution in [3.63, 3.8) is 0 Å². The summed E-state index contributed by atoms with van der Waals surface area (Å²) in [6, 6.07) is 10.5. The number of hydrogen-bond acceptors (Lipinski definition) is 2. The van der Waals surface area contributed by atoms with Crippen molar-refractivity contribution in [2.24, 2.45) is 5.41 Å². The first kappa shape index (κ1) is 16.7. The van der Waals surface area contributed by atoms with Crippen LogP contribution in [0.2, 0.25) is 0 Å². The minimum Gasteiger partial charge on any atom is -0.460 e. The number of carbonyl (C=O) groups excluding carboxylic acids is 1. The normalized spacial score (nSPS) is 12.2. The fourth-order valence-corrected chi connectivity index (χ4v) is 2.09. The zero-order chi connectivity index (χ0) is 15.2. The van der Waals surface area contributed by atoms with Crippen LogP contribution in [0.3, 0.4) is 0 Å². The maximum Gasteiger partial charge on any atom is 0.306 e. The van der Waals surface area contributed by atoms with Crippen LogP contribution in [0.25, 0.3) is 0 Å². The van der Waals surface area contributed by atoms with Crippen LogP contribution in [0.5, 0.6) is 0 Å². The maximum atomic E-state index is 11.8. The van der Waals surface area contributed by atoms with Crippen LogP contribution in [-0.4, -0.2) is 11.6 Å². The molecule has 0 N–H and O–H groups in total. The molecule has 1 aromatic rings. The monoisotopic (exact) mass is 276 g/mol. The molecule has 0 fully saturated rings. The minimum absolute atomic E-state index is 0.0923. The number of benzene rings is 1. The summed E-state index contributed by atoms with van der Waals surface area (Å²) in [7, 11) is 0. The zero-order valence-corrected chi connectivity index (χ0v) is 13.5. The fourth-order valence-electron chi connectivity index (χ4n) is 2.09. The van der Waals surface area contributed by atoms with E-state index in [4.69, 9.17) is 4.74 Å². The Bertz CT molecular complexity index is 413. The van der Waals surface area contributed by atoms with Gasteiger partial charge in [0, 0.05) is 6.42 Å². The molecule has 2 heteroatoms. The van der Waals surface area contributed by atoms with Crippen molar-refractivity contribution in [1.82, 2.24) is 0 Å². The van der Waals surface area contributed by atoms with Gasteiger partial charge in [0.25, 0.3) is 0 Å². The highest BCUT2D eigenvalue weighted by molar-refractivity contribution is 5.69. The molecule has 0 aliphatic heterocycles. The first-order valence-corrected chi connectivity index (χ1v) is 7.44. The van der Waals surface area contributed by atoms with Crippen LogP contribution in [0, 0.1) is 5.41 Å². The van der Waals surface area contributed by atoms with E-state index in [9.17, 15) is 4.79 Å². The molecule has 1 rings (SSSR count). The average Bonchev–Trinajstić information content (AvgIpc) is 2.34. The summed E-state index contributed by atoms with van der Waals surface area (Å²) >= 11 is 0. The van der Waals surface area contributed by atoms with E-state index >= 15 is 0 Å². The largest absolute Gasteiger partial charge is 0.460 e. The standard InChI is InChI=1S/C18H28O2/c1-17(2,3)20-16(19)12-14-18(4,5)13-11-15-9-7-6-8-10-15/h6-10H,11-14H2,1-5H3. The predicted octanol–water partition coefficient (Wildman–Crippen LogP) is 4.77. The lowest BCUT2D eigenvalue weighted by Gasteiger charge is -2.25. The lowest BCUT2D eigenvalue weighted by Crippen LogP contribution is -2.25. The molecule has 2 nitrogen and oxygen atoms in total. The van der Waals surface area contributed by atoms with Crippen LogP contribution in [0.15, 0.2) is 30.3 Å². The van der Waals surface area contributed by atoms with Gasteiger partial charge in [-0.15, -0.1) is 0 Å². The summed E-state index contributed by atoms with van der Waals surface area (Å²) in [5, 5.41) is 0. The third-order valence-electron chi connectivity index (χ3n) is 3.36. The van der Waals surface area contributed by atoms with Crippen LogP contribution in [-0.2, 0) is 16.0 Å². The third-order valence-corrected chi connectivity index (χ3v) is 3.36. The average molecular weight is 276 g/mol. The van der Waals surface area contributed by atoms with Crippen molar-refractivity contribution >= 4 is 5.97 Å². The Morgan fingerprint density at radius 1 is 1.00 bits per heavy atom. The number of hydrogen-bond donors (Lipinski definition) is 0. The molecule has 112 valence electrons. The minimum atomic E-state index is -0.384. The molecule has 0 aliphatic rings. The quantitative estimate of drug-likeness (QED) is 0.700. The summed E-state index contributed by atoms with van der Waals surface area (Å²) in [5.41, 5.74) is 1.13. The molecule has 0 spiro atoms. The van der Waals surface area contributed by atoms with Gasteiger partial charge in [-0.3, -0.25) is 4.79 Å². The third kappa shape index (κ3) is 7.32.